The zero-order valence-corrected chi connectivity index (χ0v) is 10.2. The zero-order chi connectivity index (χ0) is 11.8. The minimum absolute atomic E-state index is 0.269. The van der Waals surface area contributed by atoms with Crippen LogP contribution in [0, 0.1) is 17.8 Å². The molecule has 0 spiro atoms. The molecule has 2 saturated carbocycles. The van der Waals surface area contributed by atoms with Crippen LogP contribution in [0.2, 0.25) is 0 Å². The Morgan fingerprint density at radius 1 is 1.00 bits per heavy atom. The Kier molecular flexibility index (Phi) is 3.56. The van der Waals surface area contributed by atoms with Gasteiger partial charge in [-0.25, -0.2) is 0 Å². The van der Waals surface area contributed by atoms with Crippen LogP contribution in [0.5, 0.6) is 0 Å². The van der Waals surface area contributed by atoms with Crippen molar-refractivity contribution in [3.8, 4) is 0 Å². The van der Waals surface area contributed by atoms with Gasteiger partial charge in [0.05, 0.1) is 0 Å². The summed E-state index contributed by atoms with van der Waals surface area (Å²) < 4.78 is 30.6. The molecule has 16 heavy (non-hydrogen) atoms. The average Bonchev–Trinajstić information content (AvgIpc) is 2.26. The van der Waals surface area contributed by atoms with Gasteiger partial charge in [-0.3, -0.25) is 4.55 Å². The molecule has 0 aromatic heterocycles. The van der Waals surface area contributed by atoms with Crippen molar-refractivity contribution in [3.05, 3.63) is 0 Å². The fraction of sp³-hybridized carbons (Fsp3) is 1.00. The molecule has 0 aliphatic heterocycles. The van der Waals surface area contributed by atoms with Gasteiger partial charge in [-0.05, 0) is 31.1 Å². The highest BCUT2D eigenvalue weighted by Crippen LogP contribution is 2.43. The Morgan fingerprint density at radius 2 is 1.62 bits per heavy atom. The summed E-state index contributed by atoms with van der Waals surface area (Å²) in [7, 11) is -4.28. The van der Waals surface area contributed by atoms with Crippen molar-refractivity contribution in [2.24, 2.45) is 17.8 Å². The van der Waals surface area contributed by atoms with E-state index in [2.05, 4.69) is 0 Å². The molecule has 5 heteroatoms. The van der Waals surface area contributed by atoms with Crippen molar-refractivity contribution >= 4 is 10.1 Å². The first-order chi connectivity index (χ1) is 7.48. The first-order valence-corrected chi connectivity index (χ1v) is 7.63. The first-order valence-electron chi connectivity index (χ1n) is 6.13. The summed E-state index contributed by atoms with van der Waals surface area (Å²) in [5.41, 5.74) is -1.57. The lowest BCUT2D eigenvalue weighted by atomic mass is 9.68. The van der Waals surface area contributed by atoms with Crippen molar-refractivity contribution in [3.63, 3.8) is 0 Å². The van der Waals surface area contributed by atoms with Crippen LogP contribution in [0.25, 0.3) is 0 Å². The van der Waals surface area contributed by atoms with Crippen molar-refractivity contribution in [1.29, 1.82) is 0 Å². The Bertz CT molecular complexity index is 338. The molecule has 4 atom stereocenters. The van der Waals surface area contributed by atoms with E-state index >= 15 is 0 Å². The van der Waals surface area contributed by atoms with Gasteiger partial charge in [-0.1, -0.05) is 25.7 Å². The second kappa shape index (κ2) is 4.63. The lowest BCUT2D eigenvalue weighted by molar-refractivity contribution is 0.0700. The van der Waals surface area contributed by atoms with E-state index in [0.717, 1.165) is 31.6 Å². The van der Waals surface area contributed by atoms with Crippen LogP contribution >= 0.6 is 0 Å². The minimum Gasteiger partial charge on any atom is -0.375 e. The smallest absolute Gasteiger partial charge is 0.292 e. The lowest BCUT2D eigenvalue weighted by Gasteiger charge is -2.40. The van der Waals surface area contributed by atoms with E-state index in [1.54, 1.807) is 0 Å². The van der Waals surface area contributed by atoms with Gasteiger partial charge in [-0.15, -0.1) is 0 Å². The van der Waals surface area contributed by atoms with E-state index in [9.17, 15) is 13.5 Å². The molecule has 4 unspecified atom stereocenters. The van der Waals surface area contributed by atoms with Gasteiger partial charge in [0.1, 0.15) is 0 Å². The number of aliphatic hydroxyl groups is 1. The normalized spacial score (nSPS) is 37.8. The number of hydrogen-bond donors (Lipinski definition) is 2. The predicted octanol–water partition coefficient (Wildman–Crippen LogP) is 1.80. The minimum atomic E-state index is -4.28. The molecular weight excluding hydrogens is 228 g/mol. The van der Waals surface area contributed by atoms with Crippen LogP contribution in [0.4, 0.5) is 0 Å². The van der Waals surface area contributed by atoms with Gasteiger partial charge in [0.2, 0.25) is 0 Å². The Morgan fingerprint density at radius 3 is 2.25 bits per heavy atom. The second-order valence-corrected chi connectivity index (χ2v) is 6.80. The summed E-state index contributed by atoms with van der Waals surface area (Å²) in [4.78, 5) is 0. The second-order valence-electron chi connectivity index (χ2n) is 5.28. The zero-order valence-electron chi connectivity index (χ0n) is 9.38. The monoisotopic (exact) mass is 248 g/mol. The fourth-order valence-corrected chi connectivity index (χ4v) is 4.15. The molecule has 0 radical (unpaired) electrons. The Balaban J connectivity index is 2.00. The van der Waals surface area contributed by atoms with E-state index in [1.807, 2.05) is 0 Å². The van der Waals surface area contributed by atoms with Crippen molar-refractivity contribution in [2.75, 3.05) is 0 Å². The number of hydrogen-bond acceptors (Lipinski definition) is 3. The molecule has 2 aliphatic rings. The molecule has 0 saturated heterocycles. The third-order valence-corrected chi connectivity index (χ3v) is 5.28. The maximum absolute atomic E-state index is 10.9. The molecule has 0 heterocycles. The highest BCUT2D eigenvalue weighted by atomic mass is 32.2. The van der Waals surface area contributed by atoms with E-state index < -0.39 is 15.6 Å². The van der Waals surface area contributed by atoms with Gasteiger partial charge >= 0.3 is 0 Å². The molecule has 94 valence electrons. The van der Waals surface area contributed by atoms with Crippen LogP contribution < -0.4 is 0 Å². The molecule has 0 aromatic rings. The summed E-state index contributed by atoms with van der Waals surface area (Å²) in [5, 5.41) is 9.56. The number of rotatable bonds is 2. The largest absolute Gasteiger partial charge is 0.375 e. The number of aliphatic hydroxyl groups excluding tert-OH is 1. The van der Waals surface area contributed by atoms with Crippen molar-refractivity contribution in [2.45, 2.75) is 50.4 Å². The Labute approximate surface area is 96.8 Å². The van der Waals surface area contributed by atoms with Crippen molar-refractivity contribution < 1.29 is 18.1 Å². The summed E-state index contributed by atoms with van der Waals surface area (Å²) in [6.45, 7) is 0. The maximum Gasteiger partial charge on any atom is 0.292 e. The maximum atomic E-state index is 10.9. The SMILES string of the molecule is O=S(=O)(O)C(O)C1CCC2CCCCC2C1. The van der Waals surface area contributed by atoms with E-state index in [-0.39, 0.29) is 5.92 Å². The van der Waals surface area contributed by atoms with Gasteiger partial charge in [-0.2, -0.15) is 8.42 Å². The highest BCUT2D eigenvalue weighted by molar-refractivity contribution is 7.86. The van der Waals surface area contributed by atoms with Gasteiger partial charge < -0.3 is 5.11 Å². The Hall–Kier alpha value is -0.130. The van der Waals surface area contributed by atoms with Gasteiger partial charge in [0.25, 0.3) is 10.1 Å². The molecule has 4 nitrogen and oxygen atoms in total. The average molecular weight is 248 g/mol. The van der Waals surface area contributed by atoms with Crippen LogP contribution in [0.3, 0.4) is 0 Å². The molecule has 2 fully saturated rings. The molecule has 2 N–H and O–H groups in total. The molecule has 0 bridgehead atoms. The van der Waals surface area contributed by atoms with Crippen LogP contribution in [-0.4, -0.2) is 23.5 Å². The van der Waals surface area contributed by atoms with E-state index in [1.165, 1.54) is 19.3 Å². The standard InChI is InChI=1S/C11H20O4S/c12-11(16(13,14)15)10-6-5-8-3-1-2-4-9(8)7-10/h8-12H,1-7H2,(H,13,14,15). The number of fused-ring (bicyclic) bond motifs is 1. The van der Waals surface area contributed by atoms with Gasteiger partial charge in [0.15, 0.2) is 5.44 Å². The van der Waals surface area contributed by atoms with E-state index in [0.29, 0.717) is 5.92 Å². The molecular formula is C11H20O4S. The van der Waals surface area contributed by atoms with E-state index in [4.69, 9.17) is 4.55 Å². The summed E-state index contributed by atoms with van der Waals surface area (Å²) in [6, 6.07) is 0. The molecule has 0 aromatic carbocycles. The third kappa shape index (κ3) is 2.57. The molecule has 2 aliphatic carbocycles. The third-order valence-electron chi connectivity index (χ3n) is 4.29. The van der Waals surface area contributed by atoms with Crippen LogP contribution in [-0.2, 0) is 10.1 Å². The predicted molar refractivity (Wildman–Crippen MR) is 60.3 cm³/mol. The topological polar surface area (TPSA) is 74.6 Å². The van der Waals surface area contributed by atoms with Gasteiger partial charge in [0, 0.05) is 5.92 Å². The summed E-state index contributed by atoms with van der Waals surface area (Å²) in [6.07, 6.45) is 7.39. The quantitative estimate of drug-likeness (QED) is 0.731. The van der Waals surface area contributed by atoms with Crippen molar-refractivity contribution in [1.82, 2.24) is 0 Å². The molecule has 2 rings (SSSR count). The summed E-state index contributed by atoms with van der Waals surface area (Å²) >= 11 is 0. The molecule has 0 amide bonds. The lowest BCUT2D eigenvalue weighted by Crippen LogP contribution is -2.36. The van der Waals surface area contributed by atoms with Crippen LogP contribution in [0.15, 0.2) is 0 Å². The van der Waals surface area contributed by atoms with Crippen LogP contribution in [0.1, 0.15) is 44.9 Å². The highest BCUT2D eigenvalue weighted by Gasteiger charge is 2.38. The first kappa shape index (κ1) is 12.3. The fourth-order valence-electron chi connectivity index (χ4n) is 3.41. The summed E-state index contributed by atoms with van der Waals surface area (Å²) in [5.74, 6) is 1.01.